The Hall–Kier alpha value is -4.60. The molecule has 4 aromatic rings. The number of amides is 1. The summed E-state index contributed by atoms with van der Waals surface area (Å²) >= 11 is 0. The molecule has 0 atom stereocenters. The number of aromatic nitrogens is 2. The normalized spacial score (nSPS) is 10.6. The van der Waals surface area contributed by atoms with Gasteiger partial charge in [-0.2, -0.15) is 4.98 Å². The Morgan fingerprint density at radius 1 is 1.03 bits per heavy atom. The topological polar surface area (TPSA) is 137 Å². The van der Waals surface area contributed by atoms with E-state index in [2.05, 4.69) is 15.5 Å². The van der Waals surface area contributed by atoms with Crippen LogP contribution < -0.4 is 5.32 Å². The van der Waals surface area contributed by atoms with Crippen molar-refractivity contribution in [3.8, 4) is 11.4 Å². The average Bonchev–Trinajstić information content (AvgIpc) is 3.30. The minimum atomic E-state index is -0.672. The van der Waals surface area contributed by atoms with Crippen LogP contribution >= 0.6 is 0 Å². The second-order valence-corrected chi connectivity index (χ2v) is 6.72. The van der Waals surface area contributed by atoms with Gasteiger partial charge in [0.1, 0.15) is 6.54 Å². The highest BCUT2D eigenvalue weighted by Crippen LogP contribution is 2.20. The number of benzene rings is 3. The van der Waals surface area contributed by atoms with Gasteiger partial charge >= 0.3 is 5.97 Å². The molecule has 10 nitrogen and oxygen atoms in total. The van der Waals surface area contributed by atoms with Crippen LogP contribution in [0.25, 0.3) is 22.2 Å². The molecule has 0 spiro atoms. The van der Waals surface area contributed by atoms with Crippen LogP contribution in [0, 0.1) is 10.1 Å². The minimum Gasteiger partial charge on any atom is -0.454 e. The van der Waals surface area contributed by atoms with Gasteiger partial charge in [0.2, 0.25) is 5.82 Å². The van der Waals surface area contributed by atoms with E-state index >= 15 is 0 Å². The number of non-ortho nitro benzene ring substituents is 1. The van der Waals surface area contributed by atoms with Crippen molar-refractivity contribution in [3.63, 3.8) is 0 Å². The lowest BCUT2D eigenvalue weighted by atomic mass is 10.1. The summed E-state index contributed by atoms with van der Waals surface area (Å²) in [4.78, 5) is 38.5. The van der Waals surface area contributed by atoms with E-state index in [9.17, 15) is 19.7 Å². The van der Waals surface area contributed by atoms with E-state index in [0.29, 0.717) is 11.1 Å². The van der Waals surface area contributed by atoms with Crippen LogP contribution in [0.2, 0.25) is 0 Å². The zero-order valence-corrected chi connectivity index (χ0v) is 16.6. The van der Waals surface area contributed by atoms with Crippen molar-refractivity contribution in [1.29, 1.82) is 0 Å². The summed E-state index contributed by atoms with van der Waals surface area (Å²) in [6, 6.07) is 18.5. The number of hydrogen-bond donors (Lipinski definition) is 1. The Morgan fingerprint density at radius 3 is 2.53 bits per heavy atom. The Morgan fingerprint density at radius 2 is 1.78 bits per heavy atom. The molecule has 3 aromatic carbocycles. The number of carbonyl (C=O) groups excluding carboxylic acids is 2. The van der Waals surface area contributed by atoms with Crippen molar-refractivity contribution in [2.75, 3.05) is 6.54 Å². The quantitative estimate of drug-likeness (QED) is 0.267. The molecule has 0 aliphatic heterocycles. The van der Waals surface area contributed by atoms with Gasteiger partial charge in [-0.15, -0.1) is 0 Å². The number of nitrogens with one attached hydrogen (secondary N) is 1. The summed E-state index contributed by atoms with van der Waals surface area (Å²) in [7, 11) is 0. The van der Waals surface area contributed by atoms with Crippen LogP contribution in [-0.4, -0.2) is 33.5 Å². The first kappa shape index (κ1) is 20.7. The monoisotopic (exact) mass is 432 g/mol. The highest BCUT2D eigenvalue weighted by molar-refractivity contribution is 5.99. The van der Waals surface area contributed by atoms with E-state index in [-0.39, 0.29) is 30.6 Å². The zero-order valence-electron chi connectivity index (χ0n) is 16.6. The summed E-state index contributed by atoms with van der Waals surface area (Å²) in [5, 5.41) is 18.9. The number of ether oxygens (including phenoxy) is 1. The van der Waals surface area contributed by atoms with Crippen LogP contribution in [-0.2, 0) is 16.1 Å². The molecule has 0 bridgehead atoms. The Labute approximate surface area is 181 Å². The van der Waals surface area contributed by atoms with Crippen molar-refractivity contribution in [2.24, 2.45) is 0 Å². The summed E-state index contributed by atoms with van der Waals surface area (Å²) in [6.07, 6.45) is 0. The van der Waals surface area contributed by atoms with Gasteiger partial charge in [-0.05, 0) is 35.0 Å². The molecule has 1 aromatic heterocycles. The number of hydrogen-bond acceptors (Lipinski definition) is 8. The Balaban J connectivity index is 1.28. The van der Waals surface area contributed by atoms with E-state index in [1.54, 1.807) is 12.1 Å². The molecule has 0 unspecified atom stereocenters. The van der Waals surface area contributed by atoms with Gasteiger partial charge in [-0.3, -0.25) is 19.7 Å². The molecule has 1 heterocycles. The number of esters is 1. The first-order valence-corrected chi connectivity index (χ1v) is 9.49. The predicted molar refractivity (Wildman–Crippen MR) is 112 cm³/mol. The van der Waals surface area contributed by atoms with Crippen LogP contribution in [0.3, 0.4) is 0 Å². The van der Waals surface area contributed by atoms with Gasteiger partial charge in [-0.1, -0.05) is 35.5 Å². The first-order chi connectivity index (χ1) is 15.5. The highest BCUT2D eigenvalue weighted by atomic mass is 16.6. The van der Waals surface area contributed by atoms with E-state index in [0.717, 1.165) is 10.8 Å². The van der Waals surface area contributed by atoms with E-state index < -0.39 is 16.8 Å². The molecular weight excluding hydrogens is 416 g/mol. The van der Waals surface area contributed by atoms with Crippen LogP contribution in [0.5, 0.6) is 0 Å². The molecule has 0 radical (unpaired) electrons. The van der Waals surface area contributed by atoms with E-state index in [4.69, 9.17) is 9.26 Å². The zero-order chi connectivity index (χ0) is 22.5. The molecule has 0 aliphatic carbocycles. The lowest BCUT2D eigenvalue weighted by Crippen LogP contribution is -2.30. The smallest absolute Gasteiger partial charge is 0.325 e. The minimum absolute atomic E-state index is 0.0487. The van der Waals surface area contributed by atoms with E-state index in [1.165, 1.54) is 24.3 Å². The maximum atomic E-state index is 12.3. The first-order valence-electron chi connectivity index (χ1n) is 9.49. The van der Waals surface area contributed by atoms with Crippen molar-refractivity contribution in [2.45, 2.75) is 6.61 Å². The van der Waals surface area contributed by atoms with Crippen molar-refractivity contribution in [1.82, 2.24) is 15.5 Å². The standard InChI is InChI=1S/C22H16N4O6/c27-20(12-23-22(28)17-6-5-14-3-1-2-4-16(14)11-17)31-13-19-24-21(25-32-19)15-7-9-18(10-8-15)26(29)30/h1-11H,12-13H2,(H,23,28). The third kappa shape index (κ3) is 4.75. The molecule has 0 aliphatic rings. The number of rotatable bonds is 7. The molecule has 160 valence electrons. The highest BCUT2D eigenvalue weighted by Gasteiger charge is 2.14. The van der Waals surface area contributed by atoms with Crippen molar-refractivity contribution < 1.29 is 23.8 Å². The maximum absolute atomic E-state index is 12.3. The second kappa shape index (κ2) is 9.04. The third-order valence-corrected chi connectivity index (χ3v) is 4.57. The number of nitro groups is 1. The molecule has 0 saturated heterocycles. The fourth-order valence-electron chi connectivity index (χ4n) is 2.94. The summed E-state index contributed by atoms with van der Waals surface area (Å²) in [5.41, 5.74) is 0.887. The Kier molecular flexibility index (Phi) is 5.84. The maximum Gasteiger partial charge on any atom is 0.325 e. The summed E-state index contributed by atoms with van der Waals surface area (Å²) < 4.78 is 10.1. The summed E-state index contributed by atoms with van der Waals surface area (Å²) in [5.74, 6) is -0.816. The summed E-state index contributed by atoms with van der Waals surface area (Å²) in [6.45, 7) is -0.598. The number of nitro benzene ring substituents is 1. The van der Waals surface area contributed by atoms with Crippen LogP contribution in [0.4, 0.5) is 5.69 Å². The Bertz CT molecular complexity index is 1300. The lowest BCUT2D eigenvalue weighted by Gasteiger charge is -2.06. The SMILES string of the molecule is O=C(CNC(=O)c1ccc2ccccc2c1)OCc1nc(-c2ccc([N+](=O)[O-])cc2)no1. The lowest BCUT2D eigenvalue weighted by molar-refractivity contribution is -0.384. The number of nitrogens with zero attached hydrogens (tertiary/aromatic N) is 3. The van der Waals surface area contributed by atoms with Gasteiger partial charge in [0.05, 0.1) is 4.92 Å². The van der Waals surface area contributed by atoms with Crippen molar-refractivity contribution in [3.05, 3.63) is 88.3 Å². The molecule has 32 heavy (non-hydrogen) atoms. The molecule has 1 amide bonds. The van der Waals surface area contributed by atoms with Gasteiger partial charge in [0.15, 0.2) is 6.61 Å². The molecular formula is C22H16N4O6. The molecule has 0 saturated carbocycles. The molecule has 10 heteroatoms. The van der Waals surface area contributed by atoms with E-state index in [1.807, 2.05) is 30.3 Å². The van der Waals surface area contributed by atoms with Gasteiger partial charge in [0, 0.05) is 23.3 Å². The predicted octanol–water partition coefficient (Wildman–Crippen LogP) is 3.27. The molecule has 4 rings (SSSR count). The largest absolute Gasteiger partial charge is 0.454 e. The third-order valence-electron chi connectivity index (χ3n) is 4.57. The number of carbonyl (C=O) groups is 2. The number of fused-ring (bicyclic) bond motifs is 1. The van der Waals surface area contributed by atoms with Crippen LogP contribution in [0.15, 0.2) is 71.3 Å². The van der Waals surface area contributed by atoms with Crippen LogP contribution in [0.1, 0.15) is 16.2 Å². The molecule has 0 fully saturated rings. The van der Waals surface area contributed by atoms with Gasteiger partial charge in [-0.25, -0.2) is 0 Å². The average molecular weight is 432 g/mol. The fourth-order valence-corrected chi connectivity index (χ4v) is 2.94. The fraction of sp³-hybridized carbons (Fsp3) is 0.0909. The molecule has 1 N–H and O–H groups in total. The van der Waals surface area contributed by atoms with Gasteiger partial charge < -0.3 is 14.6 Å². The van der Waals surface area contributed by atoms with Gasteiger partial charge in [0.25, 0.3) is 17.5 Å². The van der Waals surface area contributed by atoms with Crippen molar-refractivity contribution >= 4 is 28.3 Å². The second-order valence-electron chi connectivity index (χ2n) is 6.72.